The number of hydrogen-bond donors (Lipinski definition) is 2. The van der Waals surface area contributed by atoms with E-state index in [0.29, 0.717) is 21.6 Å². The van der Waals surface area contributed by atoms with Crippen LogP contribution in [0.1, 0.15) is 35.8 Å². The van der Waals surface area contributed by atoms with Gasteiger partial charge in [0, 0.05) is 29.0 Å². The summed E-state index contributed by atoms with van der Waals surface area (Å²) in [6.07, 6.45) is 5.62. The van der Waals surface area contributed by atoms with Crippen LogP contribution in [-0.4, -0.2) is 33.7 Å². The Bertz CT molecular complexity index is 1500. The zero-order valence-corrected chi connectivity index (χ0v) is 19.8. The van der Waals surface area contributed by atoms with E-state index in [1.807, 2.05) is 18.4 Å². The van der Waals surface area contributed by atoms with Crippen molar-refractivity contribution in [3.63, 3.8) is 0 Å². The molecule has 0 aliphatic heterocycles. The molecule has 0 saturated heterocycles. The maximum absolute atomic E-state index is 13.4. The Hall–Kier alpha value is -3.21. The highest BCUT2D eigenvalue weighted by Gasteiger charge is 2.23. The summed E-state index contributed by atoms with van der Waals surface area (Å²) in [5, 5.41) is 0.694. The number of ketones is 1. The van der Waals surface area contributed by atoms with Crippen LogP contribution in [0, 0.1) is 0 Å². The number of nitrogens with one attached hydrogen (secondary N) is 1. The van der Waals surface area contributed by atoms with Crippen LogP contribution in [0.2, 0.25) is 10.0 Å². The maximum Gasteiger partial charge on any atom is 0.263 e. The third-order valence-corrected chi connectivity index (χ3v) is 6.98. The third kappa shape index (κ3) is 4.37. The Morgan fingerprint density at radius 2 is 1.91 bits per heavy atom. The first-order valence-corrected chi connectivity index (χ1v) is 11.9. The molecule has 0 spiro atoms. The lowest BCUT2D eigenvalue weighted by atomic mass is 10.1. The van der Waals surface area contributed by atoms with Gasteiger partial charge in [-0.05, 0) is 38.1 Å². The molecular weight excluding hydrogens is 487 g/mol. The lowest BCUT2D eigenvalue weighted by molar-refractivity contribution is 0.103. The number of aromatic nitrogens is 4. The molecule has 0 bridgehead atoms. The molecule has 12 heteroatoms. The number of halogens is 2. The zero-order valence-electron chi connectivity index (χ0n) is 17.5. The van der Waals surface area contributed by atoms with Crippen molar-refractivity contribution in [2.75, 3.05) is 10.5 Å². The normalized spacial score (nSPS) is 11.8. The highest BCUT2D eigenvalue weighted by molar-refractivity contribution is 7.92. The van der Waals surface area contributed by atoms with Gasteiger partial charge >= 0.3 is 0 Å². The average molecular weight is 505 g/mol. The van der Waals surface area contributed by atoms with Crippen LogP contribution < -0.4 is 10.5 Å². The third-order valence-electron chi connectivity index (χ3n) is 4.88. The number of carbonyl (C=O) groups excluding carboxylic acids is 1. The summed E-state index contributed by atoms with van der Waals surface area (Å²) in [4.78, 5) is 25.5. The van der Waals surface area contributed by atoms with Crippen LogP contribution >= 0.6 is 23.2 Å². The van der Waals surface area contributed by atoms with E-state index < -0.39 is 15.8 Å². The van der Waals surface area contributed by atoms with E-state index in [9.17, 15) is 13.2 Å². The number of fused-ring (bicyclic) bond motifs is 1. The number of sulfonamides is 1. The lowest BCUT2D eigenvalue weighted by Crippen LogP contribution is -2.14. The van der Waals surface area contributed by atoms with Gasteiger partial charge in [0.2, 0.25) is 0 Å². The number of nitrogens with two attached hydrogens (primary N) is 1. The summed E-state index contributed by atoms with van der Waals surface area (Å²) in [5.41, 5.74) is 7.11. The van der Waals surface area contributed by atoms with Crippen molar-refractivity contribution in [1.82, 2.24) is 19.5 Å². The minimum atomic E-state index is -4.05. The van der Waals surface area contributed by atoms with Crippen molar-refractivity contribution in [2.45, 2.75) is 24.8 Å². The highest BCUT2D eigenvalue weighted by atomic mass is 35.5. The fourth-order valence-corrected chi connectivity index (χ4v) is 5.16. The molecule has 9 nitrogen and oxygen atoms in total. The second-order valence-electron chi connectivity index (χ2n) is 7.47. The monoisotopic (exact) mass is 504 g/mol. The summed E-state index contributed by atoms with van der Waals surface area (Å²) in [7, 11) is -4.05. The van der Waals surface area contributed by atoms with Crippen molar-refractivity contribution in [1.29, 1.82) is 0 Å². The molecule has 0 unspecified atom stereocenters. The van der Waals surface area contributed by atoms with E-state index in [1.165, 1.54) is 43.0 Å². The Labute approximate surface area is 199 Å². The van der Waals surface area contributed by atoms with E-state index in [2.05, 4.69) is 19.7 Å². The molecule has 0 aliphatic rings. The Balaban J connectivity index is 1.72. The number of nitrogens with zero attached hydrogens (tertiary/aromatic N) is 4. The zero-order chi connectivity index (χ0) is 23.9. The number of benzene rings is 1. The molecule has 0 saturated carbocycles. The molecule has 3 N–H and O–H groups in total. The second kappa shape index (κ2) is 8.62. The molecule has 3 aromatic heterocycles. The van der Waals surface area contributed by atoms with Crippen molar-refractivity contribution in [3.05, 3.63) is 70.4 Å². The molecule has 0 aliphatic carbocycles. The first-order valence-electron chi connectivity index (χ1n) is 9.67. The number of anilines is 2. The molecule has 4 rings (SSSR count). The lowest BCUT2D eigenvalue weighted by Gasteiger charge is -2.10. The molecule has 33 heavy (non-hydrogen) atoms. The molecular formula is C21H18Cl2N6O3S. The summed E-state index contributed by atoms with van der Waals surface area (Å²) in [6, 6.07) is 5.43. The number of hydrogen-bond acceptors (Lipinski definition) is 7. The average Bonchev–Trinajstić information content (AvgIpc) is 3.14. The molecule has 0 amide bonds. The standard InChI is InChI=1S/C21H18Cl2N6O3S/c1-11(2)29-9-15(18-20(24)26-10-27-21(18)29)19(30)12-5-14(8-25-7-12)28-33(31,32)17-4-3-13(22)6-16(17)23/h3-11,28H,1-2H3,(H2,24,26,27). The van der Waals surface area contributed by atoms with Crippen LogP contribution in [0.25, 0.3) is 11.0 Å². The Morgan fingerprint density at radius 3 is 2.61 bits per heavy atom. The summed E-state index contributed by atoms with van der Waals surface area (Å²) in [5.74, 6) is -0.232. The van der Waals surface area contributed by atoms with Crippen LogP contribution in [0.4, 0.5) is 11.5 Å². The Morgan fingerprint density at radius 1 is 1.15 bits per heavy atom. The van der Waals surface area contributed by atoms with Crippen molar-refractivity contribution >= 4 is 61.5 Å². The fourth-order valence-electron chi connectivity index (χ4n) is 3.35. The first-order chi connectivity index (χ1) is 15.6. The molecule has 4 aromatic rings. The van der Waals surface area contributed by atoms with Gasteiger partial charge in [0.15, 0.2) is 5.78 Å². The van der Waals surface area contributed by atoms with Crippen LogP contribution in [0.5, 0.6) is 0 Å². The maximum atomic E-state index is 13.4. The number of carbonyl (C=O) groups is 1. The Kier molecular flexibility index (Phi) is 6.00. The van der Waals surface area contributed by atoms with Crippen LogP contribution in [0.3, 0.4) is 0 Å². The van der Waals surface area contributed by atoms with Crippen LogP contribution in [0.15, 0.2) is 54.1 Å². The van der Waals surface area contributed by atoms with Gasteiger partial charge in [0.25, 0.3) is 10.0 Å². The molecule has 3 heterocycles. The minimum Gasteiger partial charge on any atom is -0.383 e. The first kappa shape index (κ1) is 23.0. The van der Waals surface area contributed by atoms with Gasteiger partial charge in [-0.25, -0.2) is 18.4 Å². The summed E-state index contributed by atoms with van der Waals surface area (Å²) >= 11 is 11.9. The molecule has 0 radical (unpaired) electrons. The predicted octanol–water partition coefficient (Wildman–Crippen LogP) is 4.33. The molecule has 1 aromatic carbocycles. The molecule has 0 atom stereocenters. The van der Waals surface area contributed by atoms with Gasteiger partial charge in [-0.3, -0.25) is 14.5 Å². The second-order valence-corrected chi connectivity index (χ2v) is 9.97. The van der Waals surface area contributed by atoms with E-state index in [-0.39, 0.29) is 33.0 Å². The molecule has 170 valence electrons. The van der Waals surface area contributed by atoms with E-state index in [0.717, 1.165) is 0 Å². The van der Waals surface area contributed by atoms with Crippen molar-refractivity contribution < 1.29 is 13.2 Å². The van der Waals surface area contributed by atoms with Gasteiger partial charge in [0.05, 0.1) is 27.9 Å². The molecule has 0 fully saturated rings. The van der Waals surface area contributed by atoms with Gasteiger partial charge in [-0.1, -0.05) is 23.2 Å². The number of rotatable bonds is 6. The van der Waals surface area contributed by atoms with E-state index in [4.69, 9.17) is 28.9 Å². The van der Waals surface area contributed by atoms with Crippen LogP contribution in [-0.2, 0) is 10.0 Å². The summed E-state index contributed by atoms with van der Waals surface area (Å²) in [6.45, 7) is 3.90. The van der Waals surface area contributed by atoms with Gasteiger partial charge < -0.3 is 10.3 Å². The topological polar surface area (TPSA) is 133 Å². The number of nitrogen functional groups attached to an aromatic ring is 1. The smallest absolute Gasteiger partial charge is 0.263 e. The largest absolute Gasteiger partial charge is 0.383 e. The SMILES string of the molecule is CC(C)n1cc(C(=O)c2cncc(NS(=O)(=O)c3ccc(Cl)cc3Cl)c2)c2c(N)ncnc21. The van der Waals surface area contributed by atoms with Gasteiger partial charge in [-0.2, -0.15) is 0 Å². The van der Waals surface area contributed by atoms with Crippen molar-refractivity contribution in [2.24, 2.45) is 0 Å². The van der Waals surface area contributed by atoms with Gasteiger partial charge in [0.1, 0.15) is 22.7 Å². The predicted molar refractivity (Wildman–Crippen MR) is 127 cm³/mol. The van der Waals surface area contributed by atoms with E-state index >= 15 is 0 Å². The van der Waals surface area contributed by atoms with Gasteiger partial charge in [-0.15, -0.1) is 0 Å². The van der Waals surface area contributed by atoms with E-state index in [1.54, 1.807) is 6.20 Å². The van der Waals surface area contributed by atoms with Crippen molar-refractivity contribution in [3.8, 4) is 0 Å². The summed E-state index contributed by atoms with van der Waals surface area (Å²) < 4.78 is 29.8. The minimum absolute atomic E-state index is 0.0174. The quantitative estimate of drug-likeness (QED) is 0.373. The highest BCUT2D eigenvalue weighted by Crippen LogP contribution is 2.30. The fraction of sp³-hybridized carbons (Fsp3) is 0.143. The number of pyridine rings is 1.